The van der Waals surface area contributed by atoms with Crippen molar-refractivity contribution in [2.24, 2.45) is 5.92 Å². The molecule has 1 N–H and O–H groups in total. The summed E-state index contributed by atoms with van der Waals surface area (Å²) in [5, 5.41) is 13.6. The van der Waals surface area contributed by atoms with Crippen LogP contribution in [0.2, 0.25) is 0 Å². The summed E-state index contributed by atoms with van der Waals surface area (Å²) in [4.78, 5) is 14.2. The fourth-order valence-corrected chi connectivity index (χ4v) is 3.32. The van der Waals surface area contributed by atoms with Gasteiger partial charge in [-0.2, -0.15) is 5.10 Å². The Hall–Kier alpha value is -2.40. The number of likely N-dealkylation sites (N-methyl/N-ethyl adjacent to an activating group) is 1. The van der Waals surface area contributed by atoms with E-state index >= 15 is 0 Å². The molecule has 132 valence electrons. The number of aromatic nitrogens is 2. The van der Waals surface area contributed by atoms with Gasteiger partial charge in [-0.15, -0.1) is 0 Å². The largest absolute Gasteiger partial charge is 0.396 e. The number of carbonyl (C=O) groups is 1. The molecule has 5 heteroatoms. The van der Waals surface area contributed by atoms with Crippen LogP contribution in [-0.2, 0) is 4.79 Å². The van der Waals surface area contributed by atoms with Gasteiger partial charge in [0.25, 0.3) is 0 Å². The second-order valence-electron chi connectivity index (χ2n) is 6.69. The lowest BCUT2D eigenvalue weighted by Gasteiger charge is -2.33. The van der Waals surface area contributed by atoms with Crippen LogP contribution in [0.25, 0.3) is 11.8 Å². The van der Waals surface area contributed by atoms with Crippen molar-refractivity contribution in [2.45, 2.75) is 31.7 Å². The zero-order valence-electron chi connectivity index (χ0n) is 14.6. The molecule has 0 bridgehead atoms. The van der Waals surface area contributed by atoms with Crippen molar-refractivity contribution < 1.29 is 9.90 Å². The predicted molar refractivity (Wildman–Crippen MR) is 98.2 cm³/mol. The van der Waals surface area contributed by atoms with Crippen molar-refractivity contribution in [1.82, 2.24) is 14.7 Å². The third-order valence-electron chi connectivity index (χ3n) is 5.01. The minimum absolute atomic E-state index is 0.0138. The first-order valence-corrected chi connectivity index (χ1v) is 8.83. The first-order chi connectivity index (χ1) is 12.2. The Morgan fingerprint density at radius 3 is 2.68 bits per heavy atom. The molecule has 25 heavy (non-hydrogen) atoms. The van der Waals surface area contributed by atoms with E-state index in [2.05, 4.69) is 5.10 Å². The van der Waals surface area contributed by atoms with Gasteiger partial charge < -0.3 is 10.0 Å². The second kappa shape index (κ2) is 8.12. The van der Waals surface area contributed by atoms with Crippen molar-refractivity contribution in [3.8, 4) is 5.69 Å². The van der Waals surface area contributed by atoms with Gasteiger partial charge in [0, 0.05) is 37.5 Å². The molecular weight excluding hydrogens is 314 g/mol. The van der Waals surface area contributed by atoms with Crippen molar-refractivity contribution >= 4 is 12.0 Å². The quantitative estimate of drug-likeness (QED) is 0.852. The lowest BCUT2D eigenvalue weighted by molar-refractivity contribution is -0.127. The summed E-state index contributed by atoms with van der Waals surface area (Å²) in [5.74, 6) is 0.416. The van der Waals surface area contributed by atoms with Gasteiger partial charge in [0.05, 0.1) is 11.9 Å². The van der Waals surface area contributed by atoms with Crippen LogP contribution in [-0.4, -0.2) is 45.4 Å². The highest BCUT2D eigenvalue weighted by Gasteiger charge is 2.25. The summed E-state index contributed by atoms with van der Waals surface area (Å²) in [5.41, 5.74) is 1.89. The fourth-order valence-electron chi connectivity index (χ4n) is 3.32. The fraction of sp³-hybridized carbons (Fsp3) is 0.400. The smallest absolute Gasteiger partial charge is 0.246 e. The molecule has 1 amide bonds. The number of aliphatic hydroxyl groups excluding tert-OH is 1. The molecule has 1 aliphatic rings. The molecular formula is C20H25N3O2. The Labute approximate surface area is 148 Å². The van der Waals surface area contributed by atoms with E-state index in [0.717, 1.165) is 36.9 Å². The zero-order valence-corrected chi connectivity index (χ0v) is 14.6. The van der Waals surface area contributed by atoms with E-state index in [-0.39, 0.29) is 18.6 Å². The maximum absolute atomic E-state index is 12.4. The Balaban J connectivity index is 1.58. The van der Waals surface area contributed by atoms with Crippen molar-refractivity contribution in [2.75, 3.05) is 13.7 Å². The minimum atomic E-state index is 0.0138. The lowest BCUT2D eigenvalue weighted by atomic mass is 9.86. The van der Waals surface area contributed by atoms with E-state index in [9.17, 15) is 9.90 Å². The summed E-state index contributed by atoms with van der Waals surface area (Å²) >= 11 is 0. The first kappa shape index (κ1) is 17.4. The number of nitrogens with zero attached hydrogens (tertiary/aromatic N) is 3. The van der Waals surface area contributed by atoms with Crippen LogP contribution in [0.15, 0.2) is 48.8 Å². The van der Waals surface area contributed by atoms with Gasteiger partial charge in [0.2, 0.25) is 5.91 Å². The minimum Gasteiger partial charge on any atom is -0.396 e. The number of hydrogen-bond donors (Lipinski definition) is 1. The van der Waals surface area contributed by atoms with Crippen LogP contribution in [0.4, 0.5) is 0 Å². The molecule has 0 saturated heterocycles. The maximum atomic E-state index is 12.4. The van der Waals surface area contributed by atoms with Crippen molar-refractivity contribution in [3.05, 3.63) is 54.4 Å². The molecule has 1 aromatic carbocycles. The van der Waals surface area contributed by atoms with Crippen molar-refractivity contribution in [3.63, 3.8) is 0 Å². The third-order valence-corrected chi connectivity index (χ3v) is 5.01. The molecule has 1 aromatic heterocycles. The molecule has 0 aliphatic heterocycles. The second-order valence-corrected chi connectivity index (χ2v) is 6.69. The average molecular weight is 339 g/mol. The highest BCUT2D eigenvalue weighted by atomic mass is 16.3. The molecule has 0 spiro atoms. The normalized spacial score (nSPS) is 20.7. The van der Waals surface area contributed by atoms with Gasteiger partial charge in [-0.1, -0.05) is 18.2 Å². The average Bonchev–Trinajstić information content (AvgIpc) is 3.15. The summed E-state index contributed by atoms with van der Waals surface area (Å²) in [6, 6.07) is 10.2. The van der Waals surface area contributed by atoms with Crippen LogP contribution in [0, 0.1) is 5.92 Å². The number of carbonyl (C=O) groups excluding carboxylic acids is 1. The number of hydrogen-bond acceptors (Lipinski definition) is 3. The highest BCUT2D eigenvalue weighted by Crippen LogP contribution is 2.26. The van der Waals surface area contributed by atoms with Crippen LogP contribution < -0.4 is 0 Å². The number of benzene rings is 1. The van der Waals surface area contributed by atoms with Gasteiger partial charge >= 0.3 is 0 Å². The van der Waals surface area contributed by atoms with E-state index in [1.807, 2.05) is 54.6 Å². The Morgan fingerprint density at radius 1 is 1.28 bits per heavy atom. The molecule has 0 radical (unpaired) electrons. The van der Waals surface area contributed by atoms with Crippen LogP contribution in [0.5, 0.6) is 0 Å². The molecule has 1 aliphatic carbocycles. The number of para-hydroxylation sites is 1. The number of rotatable bonds is 5. The van der Waals surface area contributed by atoms with Crippen LogP contribution >= 0.6 is 0 Å². The van der Waals surface area contributed by atoms with Crippen LogP contribution in [0.3, 0.4) is 0 Å². The molecule has 2 aromatic rings. The predicted octanol–water partition coefficient (Wildman–Crippen LogP) is 2.90. The Bertz CT molecular complexity index is 716. The highest BCUT2D eigenvalue weighted by molar-refractivity contribution is 5.91. The van der Waals surface area contributed by atoms with E-state index in [4.69, 9.17) is 0 Å². The summed E-state index contributed by atoms with van der Waals surface area (Å²) in [6.07, 6.45) is 11.0. The standard InChI is InChI=1S/C20H25N3O2/c1-22(18-10-7-16(15-24)8-11-18)20(25)12-9-17-13-21-23(14-17)19-5-3-2-4-6-19/h2-6,9,12-14,16,18,24H,7-8,10-11,15H2,1H3/b12-9+. The SMILES string of the molecule is CN(C(=O)/C=C/c1cnn(-c2ccccc2)c1)C1CCC(CO)CC1. The van der Waals surface area contributed by atoms with Gasteiger partial charge in [-0.3, -0.25) is 4.79 Å². The van der Waals surface area contributed by atoms with E-state index < -0.39 is 0 Å². The maximum Gasteiger partial charge on any atom is 0.246 e. The molecule has 1 heterocycles. The zero-order chi connectivity index (χ0) is 17.6. The van der Waals surface area contributed by atoms with Crippen LogP contribution in [0.1, 0.15) is 31.2 Å². The third kappa shape index (κ3) is 4.37. The number of aliphatic hydroxyl groups is 1. The van der Waals surface area contributed by atoms with E-state index in [1.165, 1.54) is 0 Å². The molecule has 1 fully saturated rings. The molecule has 0 atom stereocenters. The molecule has 5 nitrogen and oxygen atoms in total. The van der Waals surface area contributed by atoms with Gasteiger partial charge in [-0.25, -0.2) is 4.68 Å². The molecule has 3 rings (SSSR count). The van der Waals surface area contributed by atoms with E-state index in [1.54, 1.807) is 17.0 Å². The van der Waals surface area contributed by atoms with E-state index in [0.29, 0.717) is 5.92 Å². The topological polar surface area (TPSA) is 58.4 Å². The summed E-state index contributed by atoms with van der Waals surface area (Å²) in [7, 11) is 1.87. The molecule has 1 saturated carbocycles. The van der Waals surface area contributed by atoms with Crippen molar-refractivity contribution in [1.29, 1.82) is 0 Å². The Morgan fingerprint density at radius 2 is 2.00 bits per heavy atom. The van der Waals surface area contributed by atoms with Gasteiger partial charge in [-0.05, 0) is 49.8 Å². The van der Waals surface area contributed by atoms with Gasteiger partial charge in [0.1, 0.15) is 0 Å². The number of amides is 1. The monoisotopic (exact) mass is 339 g/mol. The Kier molecular flexibility index (Phi) is 5.66. The molecule has 0 unspecified atom stereocenters. The lowest BCUT2D eigenvalue weighted by Crippen LogP contribution is -2.39. The summed E-state index contributed by atoms with van der Waals surface area (Å²) < 4.78 is 1.80. The summed E-state index contributed by atoms with van der Waals surface area (Å²) in [6.45, 7) is 0.260. The first-order valence-electron chi connectivity index (χ1n) is 8.83. The van der Waals surface area contributed by atoms with Gasteiger partial charge in [0.15, 0.2) is 0 Å².